The maximum atomic E-state index is 13.6. The molecule has 1 aromatic carbocycles. The molecule has 104 valence electrons. The summed E-state index contributed by atoms with van der Waals surface area (Å²) < 4.78 is 14.9. The van der Waals surface area contributed by atoms with E-state index in [1.165, 1.54) is 24.0 Å². The van der Waals surface area contributed by atoms with Gasteiger partial charge in [-0.2, -0.15) is 0 Å². The van der Waals surface area contributed by atoms with E-state index in [9.17, 15) is 14.0 Å². The predicted molar refractivity (Wildman–Crippen MR) is 75.3 cm³/mol. The van der Waals surface area contributed by atoms with E-state index in [-0.39, 0.29) is 21.7 Å². The highest BCUT2D eigenvalue weighted by molar-refractivity contribution is 8.01. The number of carbonyl (C=O) groups is 1. The molecule has 7 heteroatoms. The SMILES string of the molecule is CC1C(Cl)Sc2cc(F)cc3c(=O)c(C(=O)O)cn1c23. The monoisotopic (exact) mass is 313 g/mol. The van der Waals surface area contributed by atoms with Gasteiger partial charge in [0.25, 0.3) is 0 Å². The number of carboxylic acids is 1. The van der Waals surface area contributed by atoms with Crippen molar-refractivity contribution in [2.45, 2.75) is 22.6 Å². The van der Waals surface area contributed by atoms with E-state index in [1.807, 2.05) is 6.92 Å². The van der Waals surface area contributed by atoms with Gasteiger partial charge in [0.15, 0.2) is 0 Å². The molecule has 20 heavy (non-hydrogen) atoms. The second kappa shape index (κ2) is 4.49. The highest BCUT2D eigenvalue weighted by Gasteiger charge is 2.29. The third kappa shape index (κ3) is 1.83. The molecule has 0 amide bonds. The summed E-state index contributed by atoms with van der Waals surface area (Å²) in [7, 11) is 0. The van der Waals surface area contributed by atoms with Crippen LogP contribution in [0.15, 0.2) is 28.0 Å². The summed E-state index contributed by atoms with van der Waals surface area (Å²) in [4.78, 5) is 23.9. The van der Waals surface area contributed by atoms with Crippen LogP contribution in [0.1, 0.15) is 23.3 Å². The van der Waals surface area contributed by atoms with Crippen LogP contribution in [-0.2, 0) is 0 Å². The molecule has 3 rings (SSSR count). The van der Waals surface area contributed by atoms with Crippen molar-refractivity contribution in [2.75, 3.05) is 0 Å². The Hall–Kier alpha value is -1.53. The second-order valence-corrected chi connectivity index (χ2v) is 6.51. The van der Waals surface area contributed by atoms with Gasteiger partial charge in [-0.15, -0.1) is 23.4 Å². The van der Waals surface area contributed by atoms with Gasteiger partial charge in [0, 0.05) is 11.1 Å². The van der Waals surface area contributed by atoms with E-state index >= 15 is 0 Å². The van der Waals surface area contributed by atoms with Crippen LogP contribution in [0.25, 0.3) is 10.9 Å². The highest BCUT2D eigenvalue weighted by Crippen LogP contribution is 2.43. The molecule has 1 aliphatic heterocycles. The molecular formula is C13H9ClFNO3S. The minimum Gasteiger partial charge on any atom is -0.477 e. The lowest BCUT2D eigenvalue weighted by Gasteiger charge is -2.29. The minimum absolute atomic E-state index is 0.0721. The summed E-state index contributed by atoms with van der Waals surface area (Å²) in [5.41, 5.74) is -0.516. The molecule has 2 aromatic rings. The first-order valence-electron chi connectivity index (χ1n) is 5.82. The van der Waals surface area contributed by atoms with Gasteiger partial charge in [-0.3, -0.25) is 4.79 Å². The molecule has 1 aromatic heterocycles. The smallest absolute Gasteiger partial charge is 0.341 e. The van der Waals surface area contributed by atoms with Gasteiger partial charge in [-0.25, -0.2) is 9.18 Å². The molecule has 0 fully saturated rings. The van der Waals surface area contributed by atoms with Crippen molar-refractivity contribution in [2.24, 2.45) is 0 Å². The topological polar surface area (TPSA) is 59.3 Å². The lowest BCUT2D eigenvalue weighted by molar-refractivity contribution is 0.0694. The number of hydrogen-bond acceptors (Lipinski definition) is 3. The Morgan fingerprint density at radius 3 is 2.85 bits per heavy atom. The molecule has 0 aliphatic carbocycles. The fourth-order valence-electron chi connectivity index (χ4n) is 2.33. The van der Waals surface area contributed by atoms with Crippen LogP contribution in [0.3, 0.4) is 0 Å². The van der Waals surface area contributed by atoms with Crippen LogP contribution >= 0.6 is 23.4 Å². The fourth-order valence-corrected chi connectivity index (χ4v) is 3.82. The van der Waals surface area contributed by atoms with Gasteiger partial charge in [0.2, 0.25) is 5.43 Å². The quantitative estimate of drug-likeness (QED) is 0.822. The van der Waals surface area contributed by atoms with Crippen molar-refractivity contribution in [1.29, 1.82) is 0 Å². The van der Waals surface area contributed by atoms with E-state index in [4.69, 9.17) is 16.7 Å². The van der Waals surface area contributed by atoms with Crippen LogP contribution in [0.2, 0.25) is 0 Å². The van der Waals surface area contributed by atoms with Crippen LogP contribution in [0.5, 0.6) is 0 Å². The number of rotatable bonds is 1. The van der Waals surface area contributed by atoms with E-state index in [2.05, 4.69) is 0 Å². The van der Waals surface area contributed by atoms with E-state index < -0.39 is 17.2 Å². The number of carboxylic acid groups (broad SMARTS) is 1. The number of benzene rings is 1. The van der Waals surface area contributed by atoms with Gasteiger partial charge < -0.3 is 9.67 Å². The van der Waals surface area contributed by atoms with Crippen LogP contribution in [0, 0.1) is 5.82 Å². The fraction of sp³-hybridized carbons (Fsp3) is 0.231. The average Bonchev–Trinajstić information content (AvgIpc) is 2.37. The van der Waals surface area contributed by atoms with Crippen molar-refractivity contribution in [1.82, 2.24) is 4.57 Å². The average molecular weight is 314 g/mol. The lowest BCUT2D eigenvalue weighted by Crippen LogP contribution is -2.26. The molecule has 0 saturated heterocycles. The molecule has 2 atom stereocenters. The zero-order valence-electron chi connectivity index (χ0n) is 10.3. The van der Waals surface area contributed by atoms with Crippen molar-refractivity contribution in [3.63, 3.8) is 0 Å². The van der Waals surface area contributed by atoms with Crippen molar-refractivity contribution in [3.05, 3.63) is 39.9 Å². The van der Waals surface area contributed by atoms with Crippen LogP contribution in [-0.4, -0.2) is 20.4 Å². The molecule has 1 N–H and O–H groups in total. The van der Waals surface area contributed by atoms with Crippen molar-refractivity contribution >= 4 is 40.2 Å². The first-order valence-corrected chi connectivity index (χ1v) is 7.14. The number of aromatic nitrogens is 1. The maximum absolute atomic E-state index is 13.6. The Morgan fingerprint density at radius 1 is 1.50 bits per heavy atom. The number of aromatic carboxylic acids is 1. The summed E-state index contributed by atoms with van der Waals surface area (Å²) in [6.07, 6.45) is 1.29. The Balaban J connectivity index is 2.52. The Bertz CT molecular complexity index is 804. The molecule has 0 saturated carbocycles. The Labute approximate surface area is 122 Å². The minimum atomic E-state index is -1.33. The van der Waals surface area contributed by atoms with Crippen molar-refractivity contribution in [3.8, 4) is 0 Å². The maximum Gasteiger partial charge on any atom is 0.341 e. The third-order valence-electron chi connectivity index (χ3n) is 3.34. The van der Waals surface area contributed by atoms with Gasteiger partial charge in [-0.05, 0) is 19.1 Å². The van der Waals surface area contributed by atoms with Gasteiger partial charge in [-0.1, -0.05) is 0 Å². The van der Waals surface area contributed by atoms with Gasteiger partial charge in [0.05, 0.1) is 16.9 Å². The largest absolute Gasteiger partial charge is 0.477 e. The number of pyridine rings is 1. The zero-order chi connectivity index (χ0) is 14.6. The summed E-state index contributed by atoms with van der Waals surface area (Å²) >= 11 is 7.47. The molecule has 0 bridgehead atoms. The molecule has 4 nitrogen and oxygen atoms in total. The third-order valence-corrected chi connectivity index (χ3v) is 5.16. The number of nitrogens with zero attached hydrogens (tertiary/aromatic N) is 1. The first kappa shape index (κ1) is 13.5. The molecule has 0 radical (unpaired) electrons. The summed E-state index contributed by atoms with van der Waals surface area (Å²) in [5, 5.41) is 9.18. The summed E-state index contributed by atoms with van der Waals surface area (Å²) in [6, 6.07) is 2.18. The summed E-state index contributed by atoms with van der Waals surface area (Å²) in [5.74, 6) is -1.91. The number of thioether (sulfide) groups is 1. The normalized spacial score (nSPS) is 21.1. The predicted octanol–water partition coefficient (Wildman–Crippen LogP) is 3.07. The molecule has 0 spiro atoms. The standard InChI is InChI=1S/C13H9ClFNO3S/c1-5-12(14)20-9-3-6(15)2-7-10(9)16(5)4-8(11(7)17)13(18)19/h2-5,12H,1H3,(H,18,19). The van der Waals surface area contributed by atoms with E-state index in [1.54, 1.807) is 4.57 Å². The zero-order valence-corrected chi connectivity index (χ0v) is 11.8. The first-order chi connectivity index (χ1) is 9.40. The van der Waals surface area contributed by atoms with E-state index in [0.717, 1.165) is 6.07 Å². The molecule has 2 unspecified atom stereocenters. The second-order valence-electron chi connectivity index (χ2n) is 4.59. The van der Waals surface area contributed by atoms with Gasteiger partial charge >= 0.3 is 5.97 Å². The number of hydrogen-bond donors (Lipinski definition) is 1. The molecular weight excluding hydrogens is 305 g/mol. The van der Waals surface area contributed by atoms with Gasteiger partial charge in [0.1, 0.15) is 16.1 Å². The van der Waals surface area contributed by atoms with E-state index in [0.29, 0.717) is 10.4 Å². The summed E-state index contributed by atoms with van der Waals surface area (Å²) in [6.45, 7) is 1.83. The Morgan fingerprint density at radius 2 is 2.20 bits per heavy atom. The lowest BCUT2D eigenvalue weighted by atomic mass is 10.1. The number of halogens is 2. The molecule has 1 aliphatic rings. The Kier molecular flexibility index (Phi) is 3.02. The van der Waals surface area contributed by atoms with Crippen molar-refractivity contribution < 1.29 is 14.3 Å². The highest BCUT2D eigenvalue weighted by atomic mass is 35.5. The molecule has 2 heterocycles. The van der Waals surface area contributed by atoms with Crippen LogP contribution in [0.4, 0.5) is 4.39 Å². The van der Waals surface area contributed by atoms with Crippen LogP contribution < -0.4 is 5.43 Å². The number of alkyl halides is 1.